The second kappa shape index (κ2) is 2.64. The van der Waals surface area contributed by atoms with Crippen molar-refractivity contribution >= 4 is 39.1 Å². The summed E-state index contributed by atoms with van der Waals surface area (Å²) >= 11 is 10.5. The molecule has 0 radical (unpaired) electrons. The summed E-state index contributed by atoms with van der Waals surface area (Å²) in [6.45, 7) is 0. The van der Waals surface area contributed by atoms with Crippen LogP contribution in [-0.2, 0) is 0 Å². The van der Waals surface area contributed by atoms with E-state index in [1.165, 1.54) is 0 Å². The molecule has 0 aliphatic rings. The molecule has 1 aromatic rings. The van der Waals surface area contributed by atoms with Crippen LogP contribution < -0.4 is 5.73 Å². The van der Waals surface area contributed by atoms with Gasteiger partial charge in [-0.05, 0) is 12.1 Å². The Kier molecular flexibility index (Phi) is 2.23. The van der Waals surface area contributed by atoms with Crippen molar-refractivity contribution in [3.05, 3.63) is 22.2 Å². The molecular formula is C6H4Cl2F5NS. The van der Waals surface area contributed by atoms with E-state index in [2.05, 4.69) is 0 Å². The number of anilines is 1. The summed E-state index contributed by atoms with van der Waals surface area (Å²) in [4.78, 5) is -2.15. The number of benzene rings is 1. The molecule has 0 heterocycles. The third-order valence-corrected chi connectivity index (χ3v) is 3.25. The summed E-state index contributed by atoms with van der Waals surface area (Å²) in [5.41, 5.74) is 4.75. The fraction of sp³-hybridized carbons (Fsp3) is 0. The smallest absolute Gasteiger partial charge is 0.310 e. The molecule has 2 N–H and O–H groups in total. The Labute approximate surface area is 91.7 Å². The topological polar surface area (TPSA) is 26.0 Å². The molecule has 0 fully saturated rings. The standard InChI is InChI=1S/C6H4Cl2F5NS/c7-4-1-3(2-5(8)6(4)14)15(9,10,11,12)13/h1-2H,14H2. The van der Waals surface area contributed by atoms with Gasteiger partial charge >= 0.3 is 10.2 Å². The maximum Gasteiger partial charge on any atom is 0.310 e. The van der Waals surface area contributed by atoms with Crippen molar-refractivity contribution in [3.63, 3.8) is 0 Å². The van der Waals surface area contributed by atoms with Gasteiger partial charge in [0.05, 0.1) is 15.7 Å². The molecule has 0 aliphatic carbocycles. The lowest BCUT2D eigenvalue weighted by atomic mass is 10.3. The third kappa shape index (κ3) is 2.79. The van der Waals surface area contributed by atoms with E-state index in [0.29, 0.717) is 0 Å². The summed E-state index contributed by atoms with van der Waals surface area (Å²) in [5, 5.41) is -1.32. The molecule has 0 atom stereocenters. The zero-order chi connectivity index (χ0) is 12.1. The van der Waals surface area contributed by atoms with Crippen LogP contribution in [0.5, 0.6) is 0 Å². The number of rotatable bonds is 1. The SMILES string of the molecule is Nc1c(Cl)cc(S(F)(F)(F)(F)F)cc1Cl. The van der Waals surface area contributed by atoms with E-state index >= 15 is 0 Å². The Balaban J connectivity index is 3.58. The summed E-state index contributed by atoms with van der Waals surface area (Å²) in [6.07, 6.45) is 0. The first-order valence-corrected chi connectivity index (χ1v) is 6.00. The molecule has 0 bridgehead atoms. The fourth-order valence-corrected chi connectivity index (χ4v) is 2.08. The molecule has 1 nitrogen and oxygen atoms in total. The molecule has 0 amide bonds. The number of hydrogen-bond donors (Lipinski definition) is 1. The van der Waals surface area contributed by atoms with Crippen LogP contribution in [0.4, 0.5) is 25.1 Å². The van der Waals surface area contributed by atoms with Gasteiger partial charge in [-0.3, -0.25) is 0 Å². The molecule has 0 saturated carbocycles. The van der Waals surface area contributed by atoms with Crippen molar-refractivity contribution < 1.29 is 19.4 Å². The van der Waals surface area contributed by atoms with Crippen molar-refractivity contribution in [1.29, 1.82) is 0 Å². The van der Waals surface area contributed by atoms with Crippen LogP contribution in [0.3, 0.4) is 0 Å². The van der Waals surface area contributed by atoms with E-state index in [1.54, 1.807) is 0 Å². The number of hydrogen-bond acceptors (Lipinski definition) is 1. The minimum Gasteiger partial charge on any atom is -0.396 e. The highest BCUT2D eigenvalue weighted by molar-refractivity contribution is 8.45. The molecule has 9 heteroatoms. The van der Waals surface area contributed by atoms with E-state index in [9.17, 15) is 19.4 Å². The Morgan fingerprint density at radius 2 is 1.27 bits per heavy atom. The van der Waals surface area contributed by atoms with Gasteiger partial charge in [0.2, 0.25) is 0 Å². The zero-order valence-corrected chi connectivity index (χ0v) is 9.11. The Morgan fingerprint density at radius 1 is 0.933 bits per heavy atom. The second-order valence-electron chi connectivity index (χ2n) is 2.77. The molecule has 1 rings (SSSR count). The summed E-state index contributed by atoms with van der Waals surface area (Å²) in [7, 11) is -9.75. The van der Waals surface area contributed by atoms with Crippen LogP contribution in [-0.4, -0.2) is 0 Å². The normalized spacial score (nSPS) is 17.0. The van der Waals surface area contributed by atoms with Gasteiger partial charge in [0.25, 0.3) is 0 Å². The predicted octanol–water partition coefficient (Wildman–Crippen LogP) is 5.23. The van der Waals surface area contributed by atoms with Gasteiger partial charge in [0.1, 0.15) is 4.90 Å². The monoisotopic (exact) mass is 287 g/mol. The van der Waals surface area contributed by atoms with Crippen molar-refractivity contribution in [1.82, 2.24) is 0 Å². The first-order valence-electron chi connectivity index (χ1n) is 3.30. The lowest BCUT2D eigenvalue weighted by Crippen LogP contribution is -2.06. The maximum atomic E-state index is 12.3. The lowest BCUT2D eigenvalue weighted by Gasteiger charge is -2.40. The zero-order valence-electron chi connectivity index (χ0n) is 6.79. The van der Waals surface area contributed by atoms with Crippen molar-refractivity contribution in [2.75, 3.05) is 5.73 Å². The van der Waals surface area contributed by atoms with Crippen LogP contribution in [0.25, 0.3) is 0 Å². The third-order valence-electron chi connectivity index (χ3n) is 1.50. The van der Waals surface area contributed by atoms with E-state index < -0.39 is 25.2 Å². The van der Waals surface area contributed by atoms with Crippen LogP contribution in [0.2, 0.25) is 10.0 Å². The van der Waals surface area contributed by atoms with Gasteiger partial charge in [0, 0.05) is 0 Å². The Morgan fingerprint density at radius 3 is 1.53 bits per heavy atom. The van der Waals surface area contributed by atoms with Crippen LogP contribution in [0.1, 0.15) is 0 Å². The molecular weight excluding hydrogens is 284 g/mol. The largest absolute Gasteiger partial charge is 0.396 e. The number of nitrogens with two attached hydrogens (primary N) is 1. The van der Waals surface area contributed by atoms with Gasteiger partial charge in [-0.25, -0.2) is 0 Å². The molecule has 0 saturated heterocycles. The van der Waals surface area contributed by atoms with Crippen LogP contribution in [0.15, 0.2) is 17.0 Å². The summed E-state index contributed by atoms with van der Waals surface area (Å²) in [6, 6.07) is 0.120. The van der Waals surface area contributed by atoms with Gasteiger partial charge in [0.15, 0.2) is 0 Å². The van der Waals surface area contributed by atoms with Crippen molar-refractivity contribution in [2.24, 2.45) is 0 Å². The quantitative estimate of drug-likeness (QED) is 0.555. The molecule has 15 heavy (non-hydrogen) atoms. The minimum absolute atomic E-state index is 0.0598. The van der Waals surface area contributed by atoms with Crippen LogP contribution >= 0.6 is 33.4 Å². The fourth-order valence-electron chi connectivity index (χ4n) is 0.784. The highest BCUT2D eigenvalue weighted by Gasteiger charge is 2.65. The molecule has 1 aromatic carbocycles. The van der Waals surface area contributed by atoms with E-state index in [0.717, 1.165) is 0 Å². The Hall–Kier alpha value is -0.400. The first-order chi connectivity index (χ1) is 6.31. The Bertz CT molecular complexity index is 405. The van der Waals surface area contributed by atoms with Gasteiger partial charge in [-0.1, -0.05) is 42.6 Å². The molecule has 0 spiro atoms. The van der Waals surface area contributed by atoms with Gasteiger partial charge < -0.3 is 5.73 Å². The number of halogens is 7. The van der Waals surface area contributed by atoms with E-state index in [-0.39, 0.29) is 17.8 Å². The molecule has 0 aromatic heterocycles. The average molecular weight is 288 g/mol. The number of nitrogen functional groups attached to an aromatic ring is 1. The summed E-state index contributed by atoms with van der Waals surface area (Å²) in [5.74, 6) is 0. The van der Waals surface area contributed by atoms with E-state index in [1.807, 2.05) is 0 Å². The first kappa shape index (κ1) is 12.7. The van der Waals surface area contributed by atoms with Crippen LogP contribution in [0, 0.1) is 0 Å². The highest BCUT2D eigenvalue weighted by atomic mass is 35.5. The molecule has 0 aliphatic heterocycles. The average Bonchev–Trinajstić information content (AvgIpc) is 1.94. The highest BCUT2D eigenvalue weighted by Crippen LogP contribution is 3.02. The second-order valence-corrected chi connectivity index (χ2v) is 5.99. The molecule has 88 valence electrons. The van der Waals surface area contributed by atoms with Crippen molar-refractivity contribution in [3.8, 4) is 0 Å². The summed E-state index contributed by atoms with van der Waals surface area (Å²) < 4.78 is 61.4. The molecule has 0 unspecified atom stereocenters. The maximum absolute atomic E-state index is 12.3. The minimum atomic E-state index is -9.75. The van der Waals surface area contributed by atoms with Gasteiger partial charge in [-0.15, -0.1) is 0 Å². The van der Waals surface area contributed by atoms with Gasteiger partial charge in [-0.2, -0.15) is 0 Å². The predicted molar refractivity (Wildman–Crippen MR) is 52.3 cm³/mol. The van der Waals surface area contributed by atoms with Crippen molar-refractivity contribution in [2.45, 2.75) is 4.90 Å². The lowest BCUT2D eigenvalue weighted by molar-refractivity contribution is 0.364. The van der Waals surface area contributed by atoms with E-state index in [4.69, 9.17) is 28.9 Å².